The van der Waals surface area contributed by atoms with Crippen molar-refractivity contribution in [1.29, 1.82) is 5.26 Å². The maximum atomic E-state index is 9.25. The molecule has 5 heteroatoms. The number of rotatable bonds is 5. The molecular formula is C18H16N4O. The fourth-order valence-corrected chi connectivity index (χ4v) is 2.43. The van der Waals surface area contributed by atoms with Gasteiger partial charge in [-0.1, -0.05) is 30.3 Å². The molecule has 0 aliphatic carbocycles. The minimum atomic E-state index is 0.318. The van der Waals surface area contributed by atoms with Gasteiger partial charge in [-0.15, -0.1) is 10.2 Å². The topological polar surface area (TPSA) is 70.8 Å². The molecule has 114 valence electrons. The summed E-state index contributed by atoms with van der Waals surface area (Å²) in [6.45, 7) is 0.705. The first-order chi connectivity index (χ1) is 11.3. The van der Waals surface area contributed by atoms with E-state index in [1.165, 1.54) is 5.56 Å². The van der Waals surface area contributed by atoms with Crippen LogP contribution >= 0.6 is 0 Å². The number of ether oxygens (including phenoxy) is 1. The molecule has 0 saturated carbocycles. The summed E-state index contributed by atoms with van der Waals surface area (Å²) >= 11 is 0. The minimum Gasteiger partial charge on any atom is -0.497 e. The lowest BCUT2D eigenvalue weighted by molar-refractivity contribution is 0.414. The number of methoxy groups -OCH3 is 1. The van der Waals surface area contributed by atoms with Gasteiger partial charge in [-0.2, -0.15) is 5.26 Å². The van der Waals surface area contributed by atoms with E-state index in [1.54, 1.807) is 7.11 Å². The van der Waals surface area contributed by atoms with Gasteiger partial charge in [-0.05, 0) is 30.2 Å². The molecule has 0 spiro atoms. The largest absolute Gasteiger partial charge is 0.497 e. The maximum Gasteiger partial charge on any atom is 0.186 e. The first-order valence-electron chi connectivity index (χ1n) is 7.34. The van der Waals surface area contributed by atoms with Crippen molar-refractivity contribution in [2.45, 2.75) is 6.42 Å². The molecule has 0 unspecified atom stereocenters. The van der Waals surface area contributed by atoms with E-state index in [2.05, 4.69) is 21.6 Å². The van der Waals surface area contributed by atoms with E-state index in [-0.39, 0.29) is 0 Å². The van der Waals surface area contributed by atoms with Crippen LogP contribution in [-0.4, -0.2) is 23.9 Å². The summed E-state index contributed by atoms with van der Waals surface area (Å²) < 4.78 is 5.15. The number of hydrogen-bond donors (Lipinski definition) is 1. The SMILES string of the molecule is COc1ccc(CCNc2c(C#N)nnc3ccccc23)cc1. The van der Waals surface area contributed by atoms with Gasteiger partial charge in [-0.25, -0.2) is 0 Å². The van der Waals surface area contributed by atoms with E-state index in [4.69, 9.17) is 4.74 Å². The smallest absolute Gasteiger partial charge is 0.186 e. The Labute approximate surface area is 134 Å². The van der Waals surface area contributed by atoms with Crippen LogP contribution in [0.5, 0.6) is 5.75 Å². The number of nitrogens with zero attached hydrogens (tertiary/aromatic N) is 3. The zero-order valence-electron chi connectivity index (χ0n) is 12.8. The summed E-state index contributed by atoms with van der Waals surface area (Å²) in [4.78, 5) is 0. The van der Waals surface area contributed by atoms with Gasteiger partial charge in [0.05, 0.1) is 18.3 Å². The van der Waals surface area contributed by atoms with Gasteiger partial charge in [0, 0.05) is 11.9 Å². The van der Waals surface area contributed by atoms with Crippen LogP contribution in [0.25, 0.3) is 10.9 Å². The summed E-state index contributed by atoms with van der Waals surface area (Å²) in [6, 6.07) is 17.7. The monoisotopic (exact) mass is 304 g/mol. The number of nitriles is 1. The predicted octanol–water partition coefficient (Wildman–Crippen LogP) is 3.16. The van der Waals surface area contributed by atoms with Crippen LogP contribution in [-0.2, 0) is 6.42 Å². The maximum absolute atomic E-state index is 9.25. The van der Waals surface area contributed by atoms with Gasteiger partial charge in [0.15, 0.2) is 5.69 Å². The van der Waals surface area contributed by atoms with Crippen molar-refractivity contribution in [3.8, 4) is 11.8 Å². The highest BCUT2D eigenvalue weighted by Crippen LogP contribution is 2.23. The Bertz CT molecular complexity index is 853. The Morgan fingerprint density at radius 2 is 1.87 bits per heavy atom. The third-order valence-corrected chi connectivity index (χ3v) is 3.65. The lowest BCUT2D eigenvalue weighted by Crippen LogP contribution is -2.08. The molecule has 0 amide bonds. The number of benzene rings is 2. The second kappa shape index (κ2) is 6.75. The molecule has 1 N–H and O–H groups in total. The van der Waals surface area contributed by atoms with E-state index in [0.717, 1.165) is 28.8 Å². The van der Waals surface area contributed by atoms with Gasteiger partial charge in [0.25, 0.3) is 0 Å². The van der Waals surface area contributed by atoms with E-state index in [1.807, 2.05) is 48.5 Å². The molecule has 0 bridgehead atoms. The minimum absolute atomic E-state index is 0.318. The lowest BCUT2D eigenvalue weighted by Gasteiger charge is -2.10. The third kappa shape index (κ3) is 3.22. The molecular weight excluding hydrogens is 288 g/mol. The number of fused-ring (bicyclic) bond motifs is 1. The molecule has 3 aromatic rings. The second-order valence-electron chi connectivity index (χ2n) is 5.08. The van der Waals surface area contributed by atoms with Crippen LogP contribution in [0.15, 0.2) is 48.5 Å². The zero-order valence-corrected chi connectivity index (χ0v) is 12.8. The van der Waals surface area contributed by atoms with Crippen molar-refractivity contribution >= 4 is 16.6 Å². The van der Waals surface area contributed by atoms with Gasteiger partial charge >= 0.3 is 0 Å². The Morgan fingerprint density at radius 3 is 2.61 bits per heavy atom. The van der Waals surface area contributed by atoms with Crippen LogP contribution in [0.4, 0.5) is 5.69 Å². The van der Waals surface area contributed by atoms with Crippen LogP contribution < -0.4 is 10.1 Å². The molecule has 0 aliphatic heterocycles. The summed E-state index contributed by atoms with van der Waals surface area (Å²) in [6.07, 6.45) is 0.839. The first-order valence-corrected chi connectivity index (χ1v) is 7.34. The van der Waals surface area contributed by atoms with Gasteiger partial charge < -0.3 is 10.1 Å². The molecule has 23 heavy (non-hydrogen) atoms. The first kappa shape index (κ1) is 14.8. The highest BCUT2D eigenvalue weighted by Gasteiger charge is 2.09. The van der Waals surface area contributed by atoms with Crippen molar-refractivity contribution in [1.82, 2.24) is 10.2 Å². The van der Waals surface area contributed by atoms with Crippen molar-refractivity contribution < 1.29 is 4.74 Å². The fourth-order valence-electron chi connectivity index (χ4n) is 2.43. The summed E-state index contributed by atoms with van der Waals surface area (Å²) in [5, 5.41) is 21.5. The predicted molar refractivity (Wildman–Crippen MR) is 89.4 cm³/mol. The summed E-state index contributed by atoms with van der Waals surface area (Å²) in [7, 11) is 1.65. The molecule has 3 rings (SSSR count). The van der Waals surface area contributed by atoms with Crippen molar-refractivity contribution in [2.24, 2.45) is 0 Å². The number of hydrogen-bond acceptors (Lipinski definition) is 5. The Hall–Kier alpha value is -3.13. The highest BCUT2D eigenvalue weighted by atomic mass is 16.5. The van der Waals surface area contributed by atoms with Gasteiger partial charge in [0.1, 0.15) is 11.8 Å². The number of anilines is 1. The Kier molecular flexibility index (Phi) is 4.34. The molecule has 0 fully saturated rings. The number of nitrogens with one attached hydrogen (secondary N) is 1. The quantitative estimate of drug-likeness (QED) is 0.784. The second-order valence-corrected chi connectivity index (χ2v) is 5.08. The van der Waals surface area contributed by atoms with E-state index < -0.39 is 0 Å². The highest BCUT2D eigenvalue weighted by molar-refractivity contribution is 5.92. The molecule has 5 nitrogen and oxygen atoms in total. The van der Waals surface area contributed by atoms with Crippen molar-refractivity contribution in [3.63, 3.8) is 0 Å². The van der Waals surface area contributed by atoms with E-state index >= 15 is 0 Å². The van der Waals surface area contributed by atoms with Crippen LogP contribution in [0.1, 0.15) is 11.3 Å². The molecule has 0 atom stereocenters. The molecule has 2 aromatic carbocycles. The molecule has 1 heterocycles. The lowest BCUT2D eigenvalue weighted by atomic mass is 10.1. The summed E-state index contributed by atoms with van der Waals surface area (Å²) in [5.41, 5.74) is 3.03. The van der Waals surface area contributed by atoms with Gasteiger partial charge in [0.2, 0.25) is 0 Å². The van der Waals surface area contributed by atoms with Crippen molar-refractivity contribution in [3.05, 3.63) is 59.8 Å². The average Bonchev–Trinajstić information content (AvgIpc) is 2.62. The van der Waals surface area contributed by atoms with Gasteiger partial charge in [-0.3, -0.25) is 0 Å². The Balaban J connectivity index is 1.77. The normalized spacial score (nSPS) is 10.3. The standard InChI is InChI=1S/C18H16N4O/c1-23-14-8-6-13(7-9-14)10-11-20-18-15-4-2-3-5-16(15)21-22-17(18)12-19/h2-9H,10-11H2,1H3,(H,20,21). The number of aromatic nitrogens is 2. The van der Waals surface area contributed by atoms with Crippen LogP contribution in [0, 0.1) is 11.3 Å². The Morgan fingerprint density at radius 1 is 1.09 bits per heavy atom. The zero-order chi connectivity index (χ0) is 16.1. The fraction of sp³-hybridized carbons (Fsp3) is 0.167. The van der Waals surface area contributed by atoms with Crippen LogP contribution in [0.3, 0.4) is 0 Å². The van der Waals surface area contributed by atoms with Crippen molar-refractivity contribution in [2.75, 3.05) is 19.0 Å². The van der Waals surface area contributed by atoms with E-state index in [0.29, 0.717) is 12.2 Å². The summed E-state index contributed by atoms with van der Waals surface area (Å²) in [5.74, 6) is 0.845. The molecule has 0 saturated heterocycles. The third-order valence-electron chi connectivity index (χ3n) is 3.65. The molecule has 1 aromatic heterocycles. The molecule has 0 radical (unpaired) electrons. The average molecular weight is 304 g/mol. The van der Waals surface area contributed by atoms with E-state index in [9.17, 15) is 5.26 Å². The van der Waals surface area contributed by atoms with Crippen LogP contribution in [0.2, 0.25) is 0 Å². The molecule has 0 aliphatic rings.